The predicted molar refractivity (Wildman–Crippen MR) is 64.3 cm³/mol. The summed E-state index contributed by atoms with van der Waals surface area (Å²) in [6.07, 6.45) is 1.50. The number of carbonyl (C=O) groups is 1. The molecule has 6 nitrogen and oxygen atoms in total. The summed E-state index contributed by atoms with van der Waals surface area (Å²) < 4.78 is 10.4. The average molecular weight is 261 g/mol. The first-order valence-corrected chi connectivity index (χ1v) is 5.93. The summed E-state index contributed by atoms with van der Waals surface area (Å²) in [5.41, 5.74) is 0. The van der Waals surface area contributed by atoms with Gasteiger partial charge in [0.15, 0.2) is 5.76 Å². The lowest BCUT2D eigenvalue weighted by atomic mass is 10.4. The van der Waals surface area contributed by atoms with Gasteiger partial charge >= 0.3 is 6.01 Å². The predicted octanol–water partition coefficient (Wildman–Crippen LogP) is 2.64. The molecule has 0 saturated carbocycles. The van der Waals surface area contributed by atoms with E-state index in [0.717, 1.165) is 0 Å². The molecule has 0 unspecified atom stereocenters. The molecule has 0 spiro atoms. The maximum absolute atomic E-state index is 11.7. The van der Waals surface area contributed by atoms with E-state index in [2.05, 4.69) is 15.5 Å². The lowest BCUT2D eigenvalue weighted by molar-refractivity contribution is 0.102. The maximum Gasteiger partial charge on any atom is 0.322 e. The molecular weight excluding hydrogens is 254 g/mol. The summed E-state index contributed by atoms with van der Waals surface area (Å²) in [5.74, 6) is 0.403. The standard InChI is InChI=1S/C11H7N3O3S/c15-9(8-4-2-6-18-8)12-11-14-13-10(17-11)7-3-1-5-16-7/h1-6H,(H,12,14,15). The third-order valence-corrected chi connectivity index (χ3v) is 2.99. The molecule has 0 aliphatic rings. The van der Waals surface area contributed by atoms with E-state index >= 15 is 0 Å². The van der Waals surface area contributed by atoms with Crippen LogP contribution < -0.4 is 5.32 Å². The molecule has 0 aromatic carbocycles. The molecule has 0 bridgehead atoms. The van der Waals surface area contributed by atoms with Crippen LogP contribution in [-0.4, -0.2) is 16.1 Å². The Kier molecular flexibility index (Phi) is 2.66. The number of rotatable bonds is 3. The number of carbonyl (C=O) groups excluding carboxylic acids is 1. The SMILES string of the molecule is O=C(Nc1nnc(-c2ccco2)o1)c1cccs1. The van der Waals surface area contributed by atoms with Gasteiger partial charge in [0.25, 0.3) is 11.8 Å². The molecule has 3 heterocycles. The summed E-state index contributed by atoms with van der Waals surface area (Å²) in [6.45, 7) is 0. The number of hydrogen-bond donors (Lipinski definition) is 1. The first-order chi connectivity index (χ1) is 8.83. The number of nitrogens with zero attached hydrogens (tertiary/aromatic N) is 2. The fourth-order valence-electron chi connectivity index (χ4n) is 1.34. The number of anilines is 1. The van der Waals surface area contributed by atoms with Crippen molar-refractivity contribution in [3.05, 3.63) is 40.8 Å². The highest BCUT2D eigenvalue weighted by molar-refractivity contribution is 7.12. The van der Waals surface area contributed by atoms with E-state index in [4.69, 9.17) is 8.83 Å². The van der Waals surface area contributed by atoms with Crippen LogP contribution in [0.2, 0.25) is 0 Å². The number of aromatic nitrogens is 2. The molecule has 0 aliphatic heterocycles. The zero-order valence-corrected chi connectivity index (χ0v) is 9.81. The van der Waals surface area contributed by atoms with Gasteiger partial charge in [-0.15, -0.1) is 16.4 Å². The number of furan rings is 1. The van der Waals surface area contributed by atoms with E-state index < -0.39 is 0 Å². The van der Waals surface area contributed by atoms with Gasteiger partial charge in [0.1, 0.15) is 0 Å². The second-order valence-electron chi connectivity index (χ2n) is 3.32. The van der Waals surface area contributed by atoms with Crippen molar-refractivity contribution < 1.29 is 13.6 Å². The van der Waals surface area contributed by atoms with Crippen LogP contribution in [0.5, 0.6) is 0 Å². The third kappa shape index (κ3) is 2.03. The Balaban J connectivity index is 1.76. The largest absolute Gasteiger partial charge is 0.459 e. The number of hydrogen-bond acceptors (Lipinski definition) is 6. The van der Waals surface area contributed by atoms with E-state index in [1.807, 2.05) is 5.38 Å². The third-order valence-electron chi connectivity index (χ3n) is 2.12. The van der Waals surface area contributed by atoms with E-state index in [1.165, 1.54) is 17.6 Å². The highest BCUT2D eigenvalue weighted by atomic mass is 32.1. The van der Waals surface area contributed by atoms with Crippen molar-refractivity contribution in [1.29, 1.82) is 0 Å². The monoisotopic (exact) mass is 261 g/mol. The van der Waals surface area contributed by atoms with Crippen LogP contribution >= 0.6 is 11.3 Å². The quantitative estimate of drug-likeness (QED) is 0.783. The highest BCUT2D eigenvalue weighted by Crippen LogP contribution is 2.20. The zero-order chi connectivity index (χ0) is 12.4. The fourth-order valence-corrected chi connectivity index (χ4v) is 1.96. The van der Waals surface area contributed by atoms with Crippen LogP contribution in [0.3, 0.4) is 0 Å². The van der Waals surface area contributed by atoms with E-state index in [-0.39, 0.29) is 17.8 Å². The summed E-state index contributed by atoms with van der Waals surface area (Å²) in [4.78, 5) is 12.3. The van der Waals surface area contributed by atoms with Crippen LogP contribution in [-0.2, 0) is 0 Å². The number of amides is 1. The molecule has 0 radical (unpaired) electrons. The van der Waals surface area contributed by atoms with Gasteiger partial charge in [-0.2, -0.15) is 0 Å². The normalized spacial score (nSPS) is 10.4. The Morgan fingerprint density at radius 2 is 2.22 bits per heavy atom. The second-order valence-corrected chi connectivity index (χ2v) is 4.27. The minimum absolute atomic E-state index is 0.0415. The van der Waals surface area contributed by atoms with Gasteiger partial charge in [-0.3, -0.25) is 10.1 Å². The molecule has 3 rings (SSSR count). The smallest absolute Gasteiger partial charge is 0.322 e. The van der Waals surface area contributed by atoms with Crippen LogP contribution in [0.1, 0.15) is 9.67 Å². The minimum atomic E-state index is -0.278. The van der Waals surface area contributed by atoms with Crippen molar-refractivity contribution in [3.8, 4) is 11.7 Å². The fraction of sp³-hybridized carbons (Fsp3) is 0. The Morgan fingerprint density at radius 3 is 2.94 bits per heavy atom. The van der Waals surface area contributed by atoms with Crippen molar-refractivity contribution in [1.82, 2.24) is 10.2 Å². The Bertz CT molecular complexity index is 643. The molecule has 7 heteroatoms. The van der Waals surface area contributed by atoms with Gasteiger partial charge in [0.05, 0.1) is 11.1 Å². The molecule has 1 amide bonds. The molecular formula is C11H7N3O3S. The Hall–Kier alpha value is -2.41. The van der Waals surface area contributed by atoms with E-state index in [9.17, 15) is 4.79 Å². The molecule has 3 aromatic heterocycles. The summed E-state index contributed by atoms with van der Waals surface area (Å²) >= 11 is 1.33. The van der Waals surface area contributed by atoms with Crippen molar-refractivity contribution in [2.75, 3.05) is 5.32 Å². The molecule has 0 saturated heterocycles. The van der Waals surface area contributed by atoms with E-state index in [0.29, 0.717) is 10.6 Å². The highest BCUT2D eigenvalue weighted by Gasteiger charge is 2.14. The minimum Gasteiger partial charge on any atom is -0.459 e. The van der Waals surface area contributed by atoms with Gasteiger partial charge < -0.3 is 8.83 Å². The Morgan fingerprint density at radius 1 is 1.28 bits per heavy atom. The average Bonchev–Trinajstić information content (AvgIpc) is 3.12. The first-order valence-electron chi connectivity index (χ1n) is 5.05. The van der Waals surface area contributed by atoms with Crippen LogP contribution in [0, 0.1) is 0 Å². The van der Waals surface area contributed by atoms with Crippen LogP contribution in [0.4, 0.5) is 6.01 Å². The van der Waals surface area contributed by atoms with Crippen LogP contribution in [0.25, 0.3) is 11.7 Å². The zero-order valence-electron chi connectivity index (χ0n) is 8.99. The lowest BCUT2D eigenvalue weighted by Crippen LogP contribution is -2.10. The van der Waals surface area contributed by atoms with Crippen molar-refractivity contribution in [3.63, 3.8) is 0 Å². The number of nitrogens with one attached hydrogen (secondary N) is 1. The summed E-state index contributed by atoms with van der Waals surface area (Å²) in [6, 6.07) is 6.95. The van der Waals surface area contributed by atoms with Gasteiger partial charge in [-0.1, -0.05) is 11.2 Å². The van der Waals surface area contributed by atoms with Gasteiger partial charge in [0.2, 0.25) is 0 Å². The lowest BCUT2D eigenvalue weighted by Gasteiger charge is -1.95. The molecule has 1 N–H and O–H groups in total. The molecule has 18 heavy (non-hydrogen) atoms. The van der Waals surface area contributed by atoms with Crippen molar-refractivity contribution in [2.45, 2.75) is 0 Å². The topological polar surface area (TPSA) is 81.2 Å². The molecule has 90 valence electrons. The van der Waals surface area contributed by atoms with Gasteiger partial charge in [-0.25, -0.2) is 0 Å². The molecule has 0 atom stereocenters. The van der Waals surface area contributed by atoms with E-state index in [1.54, 1.807) is 24.3 Å². The number of thiophene rings is 1. The van der Waals surface area contributed by atoms with Crippen molar-refractivity contribution in [2.24, 2.45) is 0 Å². The maximum atomic E-state index is 11.7. The molecule has 3 aromatic rings. The molecule has 0 fully saturated rings. The Labute approximate surface area is 105 Å². The van der Waals surface area contributed by atoms with Crippen LogP contribution in [0.15, 0.2) is 44.7 Å². The van der Waals surface area contributed by atoms with Gasteiger partial charge in [0, 0.05) is 0 Å². The second kappa shape index (κ2) is 4.46. The first kappa shape index (κ1) is 10.7. The summed E-state index contributed by atoms with van der Waals surface area (Å²) in [5, 5.41) is 11.8. The summed E-state index contributed by atoms with van der Waals surface area (Å²) in [7, 11) is 0. The molecule has 0 aliphatic carbocycles. The van der Waals surface area contributed by atoms with Crippen molar-refractivity contribution >= 4 is 23.3 Å². The van der Waals surface area contributed by atoms with Gasteiger partial charge in [-0.05, 0) is 23.6 Å².